The van der Waals surface area contributed by atoms with Crippen molar-refractivity contribution in [2.24, 2.45) is 0 Å². The van der Waals surface area contributed by atoms with Crippen molar-refractivity contribution < 1.29 is 0 Å². The average Bonchev–Trinajstić information content (AvgIpc) is 3.75. The van der Waals surface area contributed by atoms with Crippen molar-refractivity contribution in [1.82, 2.24) is 0 Å². The molecule has 0 radical (unpaired) electrons. The van der Waals surface area contributed by atoms with Crippen molar-refractivity contribution in [3.63, 3.8) is 0 Å². The Hall–Kier alpha value is -6.96. The van der Waals surface area contributed by atoms with Gasteiger partial charge in [0.05, 0.1) is 5.41 Å². The van der Waals surface area contributed by atoms with Crippen LogP contribution in [0.15, 0.2) is 212 Å². The highest BCUT2D eigenvalue weighted by molar-refractivity contribution is 6.06. The predicted octanol–water partition coefficient (Wildman–Crippen LogP) is 14.6. The average molecular weight is 728 g/mol. The fraction of sp³-hybridized carbons (Fsp3) is 0.0714. The molecule has 0 heterocycles. The van der Waals surface area contributed by atoms with Gasteiger partial charge in [0.15, 0.2) is 0 Å². The minimum Gasteiger partial charge on any atom is -0.310 e. The van der Waals surface area contributed by atoms with Crippen LogP contribution in [-0.4, -0.2) is 0 Å². The number of hydrogen-bond acceptors (Lipinski definition) is 1. The van der Waals surface area contributed by atoms with Gasteiger partial charge in [-0.05, 0) is 114 Å². The fourth-order valence-electron chi connectivity index (χ4n) is 9.96. The Bertz CT molecular complexity index is 2910. The van der Waals surface area contributed by atoms with Gasteiger partial charge in [-0.3, -0.25) is 0 Å². The molecule has 0 fully saturated rings. The lowest BCUT2D eigenvalue weighted by molar-refractivity contribution is 0.641. The van der Waals surface area contributed by atoms with Gasteiger partial charge in [0.2, 0.25) is 0 Å². The highest BCUT2D eigenvalue weighted by Crippen LogP contribution is 2.64. The van der Waals surface area contributed by atoms with Crippen molar-refractivity contribution in [1.29, 1.82) is 0 Å². The third-order valence-electron chi connectivity index (χ3n) is 12.8. The maximum Gasteiger partial charge on any atom is 0.0726 e. The topological polar surface area (TPSA) is 3.24 Å². The molecule has 2 aliphatic rings. The van der Waals surface area contributed by atoms with E-state index >= 15 is 0 Å². The van der Waals surface area contributed by atoms with Gasteiger partial charge in [-0.25, -0.2) is 0 Å². The van der Waals surface area contributed by atoms with E-state index in [9.17, 15) is 0 Å². The summed E-state index contributed by atoms with van der Waals surface area (Å²) in [6.45, 7) is 4.63. The first-order valence-electron chi connectivity index (χ1n) is 20.0. The van der Waals surface area contributed by atoms with Gasteiger partial charge in [-0.1, -0.05) is 190 Å². The lowest BCUT2D eigenvalue weighted by atomic mass is 9.70. The number of benzene rings is 9. The molecule has 1 heteroatoms. The minimum absolute atomic E-state index is 0.139. The Morgan fingerprint density at radius 2 is 0.895 bits per heavy atom. The molecule has 270 valence electrons. The zero-order valence-corrected chi connectivity index (χ0v) is 32.2. The molecular formula is C56H41N. The molecule has 2 aliphatic carbocycles. The van der Waals surface area contributed by atoms with Crippen LogP contribution in [0.3, 0.4) is 0 Å². The van der Waals surface area contributed by atoms with Crippen LogP contribution in [-0.2, 0) is 10.8 Å². The normalized spacial score (nSPS) is 13.2. The van der Waals surface area contributed by atoms with Crippen molar-refractivity contribution >= 4 is 27.8 Å². The van der Waals surface area contributed by atoms with Crippen LogP contribution < -0.4 is 4.90 Å². The van der Waals surface area contributed by atoms with Crippen molar-refractivity contribution in [2.45, 2.75) is 24.7 Å². The van der Waals surface area contributed by atoms with Gasteiger partial charge in [-0.2, -0.15) is 0 Å². The van der Waals surface area contributed by atoms with Crippen molar-refractivity contribution in [3.05, 3.63) is 246 Å². The molecule has 0 N–H and O–H groups in total. The predicted molar refractivity (Wildman–Crippen MR) is 239 cm³/mol. The quantitative estimate of drug-likeness (QED) is 0.165. The molecule has 9 aromatic carbocycles. The number of rotatable bonds is 6. The summed E-state index contributed by atoms with van der Waals surface area (Å²) in [6, 6.07) is 78.7. The molecular weight excluding hydrogens is 687 g/mol. The van der Waals surface area contributed by atoms with E-state index in [1.54, 1.807) is 0 Å². The molecule has 0 saturated carbocycles. The maximum atomic E-state index is 2.50. The standard InChI is InChI=1S/C56H41N/c1-55(2,41-18-7-4-8-19-41)42-28-32-44(33-29-42)57(43-30-25-39(26-31-43)38-15-5-3-6-16-38)45-34-35-49-53(37-45)56(52-36-27-40-17-9-10-20-46(40)54(49)52)50-23-13-11-21-47(50)48-22-12-14-24-51(48)56/h3-37H,1-2H3. The SMILES string of the molecule is CC(C)(c1ccccc1)c1ccc(N(c2ccc(-c3ccccc3)cc2)c2ccc3c(c2)C2(c4ccccc4-c4ccccc42)c2ccc4ccccc4c2-3)cc1. The van der Waals surface area contributed by atoms with Gasteiger partial charge in [-0.15, -0.1) is 0 Å². The highest BCUT2D eigenvalue weighted by Gasteiger charge is 2.52. The Kier molecular flexibility index (Phi) is 7.50. The summed E-state index contributed by atoms with van der Waals surface area (Å²) in [4.78, 5) is 2.44. The van der Waals surface area contributed by atoms with Crippen LogP contribution in [0.4, 0.5) is 17.1 Å². The van der Waals surface area contributed by atoms with E-state index in [2.05, 4.69) is 231 Å². The smallest absolute Gasteiger partial charge is 0.0726 e. The molecule has 1 spiro atoms. The Morgan fingerprint density at radius 3 is 1.58 bits per heavy atom. The molecule has 0 aromatic heterocycles. The lowest BCUT2D eigenvalue weighted by Crippen LogP contribution is -2.26. The van der Waals surface area contributed by atoms with E-state index in [1.165, 1.54) is 77.5 Å². The van der Waals surface area contributed by atoms with Gasteiger partial charge in [0, 0.05) is 22.5 Å². The second kappa shape index (κ2) is 12.8. The van der Waals surface area contributed by atoms with E-state index in [0.29, 0.717) is 0 Å². The van der Waals surface area contributed by atoms with E-state index in [4.69, 9.17) is 0 Å². The van der Waals surface area contributed by atoms with Gasteiger partial charge in [0.25, 0.3) is 0 Å². The lowest BCUT2D eigenvalue weighted by Gasteiger charge is -2.32. The van der Waals surface area contributed by atoms with E-state index < -0.39 is 5.41 Å². The van der Waals surface area contributed by atoms with Crippen molar-refractivity contribution in [2.75, 3.05) is 4.90 Å². The molecule has 11 rings (SSSR count). The largest absolute Gasteiger partial charge is 0.310 e. The molecule has 0 saturated heterocycles. The fourth-order valence-corrected chi connectivity index (χ4v) is 9.96. The first-order valence-corrected chi connectivity index (χ1v) is 20.0. The maximum absolute atomic E-state index is 2.50. The monoisotopic (exact) mass is 727 g/mol. The summed E-state index contributed by atoms with van der Waals surface area (Å²) in [5.41, 5.74) is 18.5. The summed E-state index contributed by atoms with van der Waals surface area (Å²) in [6.07, 6.45) is 0. The third-order valence-corrected chi connectivity index (χ3v) is 12.8. The Labute approximate surface area is 335 Å². The molecule has 0 unspecified atom stereocenters. The molecule has 57 heavy (non-hydrogen) atoms. The summed E-state index contributed by atoms with van der Waals surface area (Å²) < 4.78 is 0. The summed E-state index contributed by atoms with van der Waals surface area (Å²) in [7, 11) is 0. The zero-order valence-electron chi connectivity index (χ0n) is 32.2. The van der Waals surface area contributed by atoms with Crippen LogP contribution in [0.5, 0.6) is 0 Å². The third kappa shape index (κ3) is 4.95. The van der Waals surface area contributed by atoms with E-state index in [1.807, 2.05) is 0 Å². The number of anilines is 3. The summed E-state index contributed by atoms with van der Waals surface area (Å²) >= 11 is 0. The minimum atomic E-state index is -0.454. The molecule has 1 nitrogen and oxygen atoms in total. The van der Waals surface area contributed by atoms with Crippen LogP contribution in [0.2, 0.25) is 0 Å². The van der Waals surface area contributed by atoms with Gasteiger partial charge >= 0.3 is 0 Å². The van der Waals surface area contributed by atoms with Crippen LogP contribution in [0, 0.1) is 0 Å². The first kappa shape index (κ1) is 33.4. The molecule has 0 atom stereocenters. The molecule has 9 aromatic rings. The van der Waals surface area contributed by atoms with Crippen LogP contribution >= 0.6 is 0 Å². The summed E-state index contributed by atoms with van der Waals surface area (Å²) in [5.74, 6) is 0. The highest BCUT2D eigenvalue weighted by atomic mass is 15.1. The Balaban J connectivity index is 1.14. The first-order chi connectivity index (χ1) is 28.0. The van der Waals surface area contributed by atoms with Crippen LogP contribution in [0.25, 0.3) is 44.2 Å². The summed E-state index contributed by atoms with van der Waals surface area (Å²) in [5, 5.41) is 2.56. The zero-order chi connectivity index (χ0) is 38.1. The second-order valence-electron chi connectivity index (χ2n) is 16.1. The van der Waals surface area contributed by atoms with Gasteiger partial charge in [0.1, 0.15) is 0 Å². The van der Waals surface area contributed by atoms with Crippen LogP contribution in [0.1, 0.15) is 47.2 Å². The number of nitrogens with zero attached hydrogens (tertiary/aromatic N) is 1. The van der Waals surface area contributed by atoms with E-state index in [0.717, 1.165) is 17.1 Å². The van der Waals surface area contributed by atoms with Crippen molar-refractivity contribution in [3.8, 4) is 33.4 Å². The molecule has 0 aliphatic heterocycles. The van der Waals surface area contributed by atoms with E-state index in [-0.39, 0.29) is 5.41 Å². The molecule has 0 amide bonds. The number of hydrogen-bond donors (Lipinski definition) is 0. The van der Waals surface area contributed by atoms with Gasteiger partial charge < -0.3 is 4.90 Å². The second-order valence-corrected chi connectivity index (χ2v) is 16.1. The molecule has 0 bridgehead atoms. The Morgan fingerprint density at radius 1 is 0.368 bits per heavy atom. The number of fused-ring (bicyclic) bond motifs is 12.